The molecule has 1 amide bonds. The van der Waals surface area contributed by atoms with E-state index in [0.717, 1.165) is 16.7 Å². The lowest BCUT2D eigenvalue weighted by Gasteiger charge is -2.26. The van der Waals surface area contributed by atoms with Gasteiger partial charge in [-0.2, -0.15) is 0 Å². The average molecular weight is 528 g/mol. The Hall–Kier alpha value is -3.90. The standard InChI is InChI=1S/C33H37NO5/c1-22-15-16-25(33(2,3)4)20-27(22)30(35)28-29(34(17-10-18-38-5)32(37)31(28)36)24-13-9-14-26(19-24)39-21-23-11-7-6-8-12-23/h6-9,11-16,19-20,29,35H,10,17-18,21H2,1-5H3/b30-28+. The predicted octanol–water partition coefficient (Wildman–Crippen LogP) is 6.33. The molecule has 0 bridgehead atoms. The quantitative estimate of drug-likeness (QED) is 0.152. The number of carbonyl (C=O) groups excluding carboxylic acids is 2. The van der Waals surface area contributed by atoms with Gasteiger partial charge in [0, 0.05) is 25.8 Å². The van der Waals surface area contributed by atoms with Gasteiger partial charge in [-0.3, -0.25) is 9.59 Å². The van der Waals surface area contributed by atoms with Crippen molar-refractivity contribution in [2.24, 2.45) is 0 Å². The number of Topliss-reactive ketones (excluding diaryl/α,β-unsaturated/α-hetero) is 1. The number of amides is 1. The van der Waals surface area contributed by atoms with Gasteiger partial charge >= 0.3 is 0 Å². The van der Waals surface area contributed by atoms with Crippen LogP contribution in [0.25, 0.3) is 5.76 Å². The highest BCUT2D eigenvalue weighted by Gasteiger charge is 2.46. The number of aliphatic hydroxyl groups is 1. The SMILES string of the molecule is COCCCN1C(=O)C(=O)/C(=C(/O)c2cc(C(C)(C)C)ccc2C)C1c1cccc(OCc2ccccc2)c1. The highest BCUT2D eigenvalue weighted by molar-refractivity contribution is 6.46. The number of aryl methyl sites for hydroxylation is 1. The number of nitrogens with zero attached hydrogens (tertiary/aromatic N) is 1. The topological polar surface area (TPSA) is 76.1 Å². The molecule has 204 valence electrons. The fourth-order valence-electron chi connectivity index (χ4n) is 4.84. The van der Waals surface area contributed by atoms with E-state index in [1.54, 1.807) is 7.11 Å². The number of hydrogen-bond donors (Lipinski definition) is 1. The van der Waals surface area contributed by atoms with Gasteiger partial charge in [0.2, 0.25) is 0 Å². The molecular formula is C33H37NO5. The van der Waals surface area contributed by atoms with Gasteiger partial charge in [-0.05, 0) is 59.2 Å². The lowest BCUT2D eigenvalue weighted by Crippen LogP contribution is -2.31. The summed E-state index contributed by atoms with van der Waals surface area (Å²) in [5, 5.41) is 11.6. The summed E-state index contributed by atoms with van der Waals surface area (Å²) >= 11 is 0. The molecule has 1 heterocycles. The largest absolute Gasteiger partial charge is 0.507 e. The van der Waals surface area contributed by atoms with Crippen molar-refractivity contribution in [3.63, 3.8) is 0 Å². The van der Waals surface area contributed by atoms with Crippen LogP contribution in [0.5, 0.6) is 5.75 Å². The van der Waals surface area contributed by atoms with Gasteiger partial charge in [-0.1, -0.05) is 75.4 Å². The highest BCUT2D eigenvalue weighted by atomic mass is 16.5. The first-order chi connectivity index (χ1) is 18.6. The van der Waals surface area contributed by atoms with Crippen molar-refractivity contribution in [1.82, 2.24) is 4.90 Å². The van der Waals surface area contributed by atoms with E-state index in [1.165, 1.54) is 4.90 Å². The van der Waals surface area contributed by atoms with E-state index >= 15 is 0 Å². The Kier molecular flexibility index (Phi) is 8.56. The number of benzene rings is 3. The summed E-state index contributed by atoms with van der Waals surface area (Å²) < 4.78 is 11.2. The molecule has 1 aliphatic rings. The van der Waals surface area contributed by atoms with Crippen LogP contribution in [0.4, 0.5) is 0 Å². The van der Waals surface area contributed by atoms with E-state index in [2.05, 4.69) is 20.8 Å². The van der Waals surface area contributed by atoms with Crippen LogP contribution in [-0.2, 0) is 26.3 Å². The fourth-order valence-corrected chi connectivity index (χ4v) is 4.84. The van der Waals surface area contributed by atoms with Crippen LogP contribution < -0.4 is 4.74 Å². The Morgan fingerprint density at radius 2 is 1.72 bits per heavy atom. The third-order valence-corrected chi connectivity index (χ3v) is 7.07. The summed E-state index contributed by atoms with van der Waals surface area (Å²) in [7, 11) is 1.60. The van der Waals surface area contributed by atoms with Crippen LogP contribution in [-0.4, -0.2) is 42.0 Å². The minimum Gasteiger partial charge on any atom is -0.507 e. The van der Waals surface area contributed by atoms with Crippen LogP contribution >= 0.6 is 0 Å². The molecule has 0 spiro atoms. The Bertz CT molecular complexity index is 1370. The normalized spacial score (nSPS) is 17.1. The monoisotopic (exact) mass is 527 g/mol. The van der Waals surface area contributed by atoms with Gasteiger partial charge in [0.05, 0.1) is 11.6 Å². The molecule has 1 fully saturated rings. The molecule has 1 saturated heterocycles. The van der Waals surface area contributed by atoms with Crippen LogP contribution in [0.15, 0.2) is 78.4 Å². The van der Waals surface area contributed by atoms with Crippen LogP contribution in [0.2, 0.25) is 0 Å². The molecule has 0 aliphatic carbocycles. The summed E-state index contributed by atoms with van der Waals surface area (Å²) in [5.41, 5.74) is 4.07. The van der Waals surface area contributed by atoms with Crippen LogP contribution in [0, 0.1) is 6.92 Å². The van der Waals surface area contributed by atoms with E-state index in [1.807, 2.05) is 79.7 Å². The number of carbonyl (C=O) groups is 2. The zero-order chi connectivity index (χ0) is 28.2. The smallest absolute Gasteiger partial charge is 0.295 e. The first-order valence-corrected chi connectivity index (χ1v) is 13.3. The van der Waals surface area contributed by atoms with Crippen molar-refractivity contribution in [3.05, 3.63) is 106 Å². The molecule has 0 aromatic heterocycles. The second-order valence-electron chi connectivity index (χ2n) is 11.0. The fraction of sp³-hybridized carbons (Fsp3) is 0.333. The second kappa shape index (κ2) is 11.9. The number of hydrogen-bond acceptors (Lipinski definition) is 5. The van der Waals surface area contributed by atoms with E-state index in [4.69, 9.17) is 9.47 Å². The maximum atomic E-state index is 13.5. The summed E-state index contributed by atoms with van der Waals surface area (Å²) in [6.45, 7) is 9.32. The van der Waals surface area contributed by atoms with Crippen molar-refractivity contribution in [1.29, 1.82) is 0 Å². The van der Waals surface area contributed by atoms with Crippen LogP contribution in [0.1, 0.15) is 61.1 Å². The second-order valence-corrected chi connectivity index (χ2v) is 11.0. The van der Waals surface area contributed by atoms with Crippen molar-refractivity contribution >= 4 is 17.4 Å². The maximum absolute atomic E-state index is 13.5. The van der Waals surface area contributed by atoms with Crippen molar-refractivity contribution in [2.45, 2.75) is 52.2 Å². The number of likely N-dealkylation sites (tertiary alicyclic amines) is 1. The Balaban J connectivity index is 1.79. The van der Waals surface area contributed by atoms with Gasteiger partial charge in [-0.25, -0.2) is 0 Å². The molecule has 6 nitrogen and oxygen atoms in total. The number of ether oxygens (including phenoxy) is 2. The van der Waals surface area contributed by atoms with E-state index < -0.39 is 17.7 Å². The number of methoxy groups -OCH3 is 1. The first kappa shape index (κ1) is 28.1. The summed E-state index contributed by atoms with van der Waals surface area (Å²) in [4.78, 5) is 28.3. The minimum absolute atomic E-state index is 0.0896. The maximum Gasteiger partial charge on any atom is 0.295 e. The van der Waals surface area contributed by atoms with Crippen molar-refractivity contribution in [3.8, 4) is 5.75 Å². The molecular weight excluding hydrogens is 490 g/mol. The van der Waals surface area contributed by atoms with Gasteiger partial charge in [0.25, 0.3) is 11.7 Å². The lowest BCUT2D eigenvalue weighted by atomic mass is 9.84. The van der Waals surface area contributed by atoms with E-state index in [-0.39, 0.29) is 16.7 Å². The average Bonchev–Trinajstić information content (AvgIpc) is 3.17. The molecule has 4 rings (SSSR count). The molecule has 1 N–H and O–H groups in total. The Morgan fingerprint density at radius 1 is 0.974 bits per heavy atom. The Morgan fingerprint density at radius 3 is 2.41 bits per heavy atom. The molecule has 6 heteroatoms. The molecule has 3 aromatic rings. The van der Waals surface area contributed by atoms with Crippen molar-refractivity contribution < 1.29 is 24.2 Å². The summed E-state index contributed by atoms with van der Waals surface area (Å²) in [6, 6.07) is 22.4. The molecule has 39 heavy (non-hydrogen) atoms. The predicted molar refractivity (Wildman–Crippen MR) is 153 cm³/mol. The molecule has 0 radical (unpaired) electrons. The number of rotatable bonds is 9. The Labute approximate surface area is 230 Å². The van der Waals surface area contributed by atoms with E-state index in [9.17, 15) is 14.7 Å². The molecule has 1 aliphatic heterocycles. The summed E-state index contributed by atoms with van der Waals surface area (Å²) in [6.07, 6.45) is 0.558. The van der Waals surface area contributed by atoms with Gasteiger partial charge < -0.3 is 19.5 Å². The number of ketones is 1. The van der Waals surface area contributed by atoms with Gasteiger partial charge in [0.15, 0.2) is 0 Å². The minimum atomic E-state index is -0.750. The third kappa shape index (κ3) is 6.23. The van der Waals surface area contributed by atoms with Gasteiger partial charge in [0.1, 0.15) is 18.1 Å². The summed E-state index contributed by atoms with van der Waals surface area (Å²) in [5.74, 6) is -0.861. The zero-order valence-corrected chi connectivity index (χ0v) is 23.4. The molecule has 1 atom stereocenters. The zero-order valence-electron chi connectivity index (χ0n) is 23.4. The molecule has 0 saturated carbocycles. The first-order valence-electron chi connectivity index (χ1n) is 13.3. The number of aliphatic hydroxyl groups excluding tert-OH is 1. The lowest BCUT2D eigenvalue weighted by molar-refractivity contribution is -0.140. The van der Waals surface area contributed by atoms with E-state index in [0.29, 0.717) is 43.1 Å². The molecule has 3 aromatic carbocycles. The van der Waals surface area contributed by atoms with Gasteiger partial charge in [-0.15, -0.1) is 0 Å². The molecule has 1 unspecified atom stereocenters. The van der Waals surface area contributed by atoms with Crippen molar-refractivity contribution in [2.75, 3.05) is 20.3 Å². The third-order valence-electron chi connectivity index (χ3n) is 7.07. The van der Waals surface area contributed by atoms with Crippen LogP contribution in [0.3, 0.4) is 0 Å². The highest BCUT2D eigenvalue weighted by Crippen LogP contribution is 2.41.